The van der Waals surface area contributed by atoms with Crippen molar-refractivity contribution in [1.82, 2.24) is 15.4 Å². The van der Waals surface area contributed by atoms with Crippen LogP contribution in [0.1, 0.15) is 27.7 Å². The van der Waals surface area contributed by atoms with E-state index in [0.717, 1.165) is 5.06 Å². The first kappa shape index (κ1) is 12.8. The van der Waals surface area contributed by atoms with Gasteiger partial charge in [-0.2, -0.15) is 0 Å². The standard InChI is InChI=1S/C8H19N3O2/c1-7(2,9-5)11(13)8(3,4)10(6)12/h9H,1-6H3/q-2. The van der Waals surface area contributed by atoms with Gasteiger partial charge in [0.15, 0.2) is 0 Å². The summed E-state index contributed by atoms with van der Waals surface area (Å²) in [5.74, 6) is 0. The Balaban J connectivity index is 4.67. The van der Waals surface area contributed by atoms with Gasteiger partial charge in [0.25, 0.3) is 0 Å². The van der Waals surface area contributed by atoms with Gasteiger partial charge in [-0.05, 0) is 41.8 Å². The van der Waals surface area contributed by atoms with Gasteiger partial charge < -0.3 is 25.9 Å². The zero-order valence-corrected chi connectivity index (χ0v) is 9.21. The van der Waals surface area contributed by atoms with Crippen LogP contribution in [0.4, 0.5) is 0 Å². The lowest BCUT2D eigenvalue weighted by Gasteiger charge is -2.59. The van der Waals surface area contributed by atoms with Gasteiger partial charge in [-0.1, -0.05) is 0 Å². The lowest BCUT2D eigenvalue weighted by molar-refractivity contribution is -0.0272. The first-order chi connectivity index (χ1) is 5.66. The normalized spacial score (nSPS) is 14.3. The molecule has 0 bridgehead atoms. The van der Waals surface area contributed by atoms with Crippen molar-refractivity contribution in [1.29, 1.82) is 0 Å². The molecule has 0 aromatic carbocycles. The molecule has 0 aliphatic heterocycles. The molecule has 0 rings (SSSR count). The van der Waals surface area contributed by atoms with Gasteiger partial charge in [0.2, 0.25) is 0 Å². The van der Waals surface area contributed by atoms with Crippen LogP contribution >= 0.6 is 0 Å². The molecule has 0 heterocycles. The molecule has 0 aliphatic carbocycles. The van der Waals surface area contributed by atoms with Gasteiger partial charge in [-0.3, -0.25) is 0 Å². The predicted molar refractivity (Wildman–Crippen MR) is 53.6 cm³/mol. The average molecular weight is 189 g/mol. The van der Waals surface area contributed by atoms with Crippen molar-refractivity contribution >= 4 is 0 Å². The molecule has 0 saturated carbocycles. The highest BCUT2D eigenvalue weighted by Gasteiger charge is 2.29. The second-order valence-corrected chi connectivity index (χ2v) is 4.10. The van der Waals surface area contributed by atoms with E-state index in [0.29, 0.717) is 5.06 Å². The number of hydrogen-bond acceptors (Lipinski definition) is 5. The highest BCUT2D eigenvalue weighted by atomic mass is 16.6. The van der Waals surface area contributed by atoms with Crippen molar-refractivity contribution in [3.63, 3.8) is 0 Å². The van der Waals surface area contributed by atoms with Crippen LogP contribution in [-0.4, -0.2) is 35.5 Å². The lowest BCUT2D eigenvalue weighted by Crippen LogP contribution is -2.62. The van der Waals surface area contributed by atoms with Crippen LogP contribution in [0.15, 0.2) is 0 Å². The van der Waals surface area contributed by atoms with E-state index < -0.39 is 11.3 Å². The highest BCUT2D eigenvalue weighted by Crippen LogP contribution is 2.23. The first-order valence-corrected chi connectivity index (χ1v) is 4.23. The van der Waals surface area contributed by atoms with Crippen LogP contribution in [-0.2, 0) is 0 Å². The molecule has 0 radical (unpaired) electrons. The van der Waals surface area contributed by atoms with Gasteiger partial charge in [0.05, 0.1) is 5.66 Å². The highest BCUT2D eigenvalue weighted by molar-refractivity contribution is 4.90. The van der Waals surface area contributed by atoms with Gasteiger partial charge >= 0.3 is 0 Å². The largest absolute Gasteiger partial charge is 0.784 e. The lowest BCUT2D eigenvalue weighted by atomic mass is 10.1. The summed E-state index contributed by atoms with van der Waals surface area (Å²) >= 11 is 0. The Morgan fingerprint density at radius 2 is 1.46 bits per heavy atom. The Kier molecular flexibility index (Phi) is 3.83. The Morgan fingerprint density at radius 3 is 1.69 bits per heavy atom. The molecule has 0 saturated heterocycles. The number of nitrogens with zero attached hydrogens (tertiary/aromatic N) is 2. The van der Waals surface area contributed by atoms with Crippen LogP contribution in [0.5, 0.6) is 0 Å². The van der Waals surface area contributed by atoms with Crippen molar-refractivity contribution < 1.29 is 0 Å². The maximum Gasteiger partial charge on any atom is 0.0550 e. The second kappa shape index (κ2) is 3.89. The van der Waals surface area contributed by atoms with Crippen LogP contribution < -0.4 is 5.32 Å². The maximum atomic E-state index is 11.8. The molecule has 0 atom stereocenters. The summed E-state index contributed by atoms with van der Waals surface area (Å²) in [4.78, 5) is 0. The summed E-state index contributed by atoms with van der Waals surface area (Å²) in [7, 11) is 3.03. The summed E-state index contributed by atoms with van der Waals surface area (Å²) in [5, 5.41) is 27.1. The Morgan fingerprint density at radius 1 is 1.08 bits per heavy atom. The van der Waals surface area contributed by atoms with Crippen molar-refractivity contribution in [2.24, 2.45) is 0 Å². The molecule has 0 amide bonds. The van der Waals surface area contributed by atoms with Crippen molar-refractivity contribution in [2.75, 3.05) is 14.1 Å². The van der Waals surface area contributed by atoms with E-state index in [1.54, 1.807) is 34.7 Å². The van der Waals surface area contributed by atoms with Crippen molar-refractivity contribution in [3.05, 3.63) is 10.4 Å². The summed E-state index contributed by atoms with van der Waals surface area (Å²) in [6, 6.07) is 0. The van der Waals surface area contributed by atoms with Crippen molar-refractivity contribution in [2.45, 2.75) is 39.0 Å². The Bertz CT molecular complexity index is 169. The van der Waals surface area contributed by atoms with Gasteiger partial charge in [0, 0.05) is 5.66 Å². The van der Waals surface area contributed by atoms with E-state index in [-0.39, 0.29) is 0 Å². The third-order valence-corrected chi connectivity index (χ3v) is 2.39. The van der Waals surface area contributed by atoms with E-state index in [9.17, 15) is 10.4 Å². The van der Waals surface area contributed by atoms with Crippen LogP contribution in [0.3, 0.4) is 0 Å². The SMILES string of the molecule is CNC(C)(C)N([O-])C(C)(C)N(C)[O-]. The number of nitrogens with one attached hydrogen (secondary N) is 1. The summed E-state index contributed by atoms with van der Waals surface area (Å²) in [6.45, 7) is 6.63. The monoisotopic (exact) mass is 189 g/mol. The molecule has 80 valence electrons. The van der Waals surface area contributed by atoms with Gasteiger partial charge in [-0.15, -0.1) is 0 Å². The maximum absolute atomic E-state index is 11.8. The van der Waals surface area contributed by atoms with Crippen LogP contribution in [0.25, 0.3) is 0 Å². The molecule has 0 spiro atoms. The summed E-state index contributed by atoms with van der Waals surface area (Å²) in [6.07, 6.45) is 0. The predicted octanol–water partition coefficient (Wildman–Crippen LogP) is 0.907. The summed E-state index contributed by atoms with van der Waals surface area (Å²) < 4.78 is 0. The van der Waals surface area contributed by atoms with Crippen molar-refractivity contribution in [3.8, 4) is 0 Å². The third kappa shape index (κ3) is 2.62. The Hall–Kier alpha value is -0.200. The van der Waals surface area contributed by atoms with Crippen LogP contribution in [0.2, 0.25) is 0 Å². The quantitative estimate of drug-likeness (QED) is 0.526. The molecule has 0 unspecified atom stereocenters. The molecular weight excluding hydrogens is 170 g/mol. The summed E-state index contributed by atoms with van der Waals surface area (Å²) in [5.41, 5.74) is -1.81. The van der Waals surface area contributed by atoms with E-state index in [1.807, 2.05) is 0 Å². The van der Waals surface area contributed by atoms with E-state index in [2.05, 4.69) is 5.32 Å². The molecule has 5 heteroatoms. The van der Waals surface area contributed by atoms with E-state index in [1.165, 1.54) is 7.05 Å². The number of hydroxylamine groups is 4. The molecule has 0 aromatic rings. The molecular formula is C8H19N3O2-2. The molecule has 0 fully saturated rings. The minimum atomic E-state index is -1.06. The number of rotatable bonds is 4. The van der Waals surface area contributed by atoms with Crippen LogP contribution in [0, 0.1) is 10.4 Å². The zero-order valence-electron chi connectivity index (χ0n) is 9.21. The molecule has 0 aromatic heterocycles. The molecule has 0 aliphatic rings. The third-order valence-electron chi connectivity index (χ3n) is 2.39. The minimum Gasteiger partial charge on any atom is -0.784 e. The fraction of sp³-hybridized carbons (Fsp3) is 1.00. The topological polar surface area (TPSA) is 64.6 Å². The second-order valence-electron chi connectivity index (χ2n) is 4.10. The minimum absolute atomic E-state index is 0.652. The van der Waals surface area contributed by atoms with E-state index in [4.69, 9.17) is 0 Å². The zero-order chi connectivity index (χ0) is 10.9. The fourth-order valence-corrected chi connectivity index (χ4v) is 0.913. The molecule has 5 nitrogen and oxygen atoms in total. The Labute approximate surface area is 79.9 Å². The van der Waals surface area contributed by atoms with Gasteiger partial charge in [-0.25, -0.2) is 0 Å². The van der Waals surface area contributed by atoms with Gasteiger partial charge in [0.1, 0.15) is 0 Å². The molecule has 13 heavy (non-hydrogen) atoms. The van der Waals surface area contributed by atoms with E-state index >= 15 is 0 Å². The fourth-order valence-electron chi connectivity index (χ4n) is 0.913. The smallest absolute Gasteiger partial charge is 0.0550 e. The molecule has 1 N–H and O–H groups in total. The number of hydrogen-bond donors (Lipinski definition) is 1. The average Bonchev–Trinajstić information content (AvgIpc) is 2.02. The first-order valence-electron chi connectivity index (χ1n) is 4.23.